The minimum absolute atomic E-state index is 0.134. The van der Waals surface area contributed by atoms with E-state index in [-0.39, 0.29) is 6.10 Å². The fraction of sp³-hybridized carbons (Fsp3) is 0.533. The van der Waals surface area contributed by atoms with Gasteiger partial charge < -0.3 is 16.2 Å². The number of rotatable bonds is 5. The van der Waals surface area contributed by atoms with Gasteiger partial charge in [-0.2, -0.15) is 0 Å². The van der Waals surface area contributed by atoms with Gasteiger partial charge in [-0.1, -0.05) is 25.2 Å². The van der Waals surface area contributed by atoms with Gasteiger partial charge in [0.15, 0.2) is 0 Å². The molecule has 110 valence electrons. The van der Waals surface area contributed by atoms with Crippen LogP contribution in [0.2, 0.25) is 0 Å². The van der Waals surface area contributed by atoms with Gasteiger partial charge >= 0.3 is 0 Å². The molecule has 0 spiro atoms. The van der Waals surface area contributed by atoms with Gasteiger partial charge in [-0.15, -0.1) is 11.8 Å². The molecule has 0 bridgehead atoms. The highest BCUT2D eigenvalue weighted by atomic mass is 32.2. The van der Waals surface area contributed by atoms with Gasteiger partial charge in [-0.3, -0.25) is 0 Å². The van der Waals surface area contributed by atoms with Crippen LogP contribution in [0.15, 0.2) is 23.1 Å². The summed E-state index contributed by atoms with van der Waals surface area (Å²) in [5.74, 6) is 0.995. The van der Waals surface area contributed by atoms with Crippen LogP contribution in [0.4, 0.5) is 5.69 Å². The second kappa shape index (κ2) is 7.29. The van der Waals surface area contributed by atoms with E-state index < -0.39 is 0 Å². The van der Waals surface area contributed by atoms with Crippen molar-refractivity contribution in [2.75, 3.05) is 11.1 Å². The van der Waals surface area contributed by atoms with Crippen LogP contribution < -0.4 is 11.1 Å². The van der Waals surface area contributed by atoms with Gasteiger partial charge in [0.2, 0.25) is 0 Å². The van der Waals surface area contributed by atoms with E-state index >= 15 is 0 Å². The Kier molecular flexibility index (Phi) is 5.69. The van der Waals surface area contributed by atoms with E-state index in [0.717, 1.165) is 47.6 Å². The van der Waals surface area contributed by atoms with Crippen molar-refractivity contribution in [3.05, 3.63) is 23.8 Å². The van der Waals surface area contributed by atoms with Gasteiger partial charge in [-0.05, 0) is 43.6 Å². The molecule has 20 heavy (non-hydrogen) atoms. The number of aliphatic hydroxyl groups is 1. The van der Waals surface area contributed by atoms with E-state index in [1.54, 1.807) is 11.8 Å². The maximum Gasteiger partial charge on any atom is 0.107 e. The van der Waals surface area contributed by atoms with Crippen LogP contribution in [0.3, 0.4) is 0 Å². The average Bonchev–Trinajstić information content (AvgIpc) is 2.41. The molecule has 1 fully saturated rings. The second-order valence-electron chi connectivity index (χ2n) is 5.13. The zero-order valence-corrected chi connectivity index (χ0v) is 13.4. The van der Waals surface area contributed by atoms with Crippen molar-refractivity contribution >= 4 is 34.7 Å². The third-order valence-electron chi connectivity index (χ3n) is 3.63. The maximum absolute atomic E-state index is 9.58. The summed E-state index contributed by atoms with van der Waals surface area (Å²) < 4.78 is 0. The predicted octanol–water partition coefficient (Wildman–Crippen LogP) is 3.15. The van der Waals surface area contributed by atoms with Gasteiger partial charge in [0.1, 0.15) is 4.99 Å². The van der Waals surface area contributed by atoms with Crippen molar-refractivity contribution in [2.45, 2.75) is 49.6 Å². The molecule has 4 N–H and O–H groups in total. The third kappa shape index (κ3) is 3.87. The number of aliphatic hydroxyl groups excluding tert-OH is 1. The van der Waals surface area contributed by atoms with Crippen LogP contribution in [-0.4, -0.2) is 28.0 Å². The van der Waals surface area contributed by atoms with Crippen LogP contribution in [0.25, 0.3) is 0 Å². The number of nitrogens with two attached hydrogens (primary N) is 1. The fourth-order valence-electron chi connectivity index (χ4n) is 2.62. The summed E-state index contributed by atoms with van der Waals surface area (Å²) in [6.07, 6.45) is 3.57. The first-order valence-electron chi connectivity index (χ1n) is 7.12. The molecule has 0 heterocycles. The molecule has 1 aliphatic carbocycles. The van der Waals surface area contributed by atoms with E-state index in [0.29, 0.717) is 11.0 Å². The first kappa shape index (κ1) is 15.6. The molecule has 0 amide bonds. The van der Waals surface area contributed by atoms with E-state index in [2.05, 4.69) is 18.3 Å². The summed E-state index contributed by atoms with van der Waals surface area (Å²) >= 11 is 6.98. The predicted molar refractivity (Wildman–Crippen MR) is 90.6 cm³/mol. The first-order valence-corrected chi connectivity index (χ1v) is 8.51. The van der Waals surface area contributed by atoms with Crippen molar-refractivity contribution in [1.29, 1.82) is 0 Å². The molecule has 0 aromatic heterocycles. The van der Waals surface area contributed by atoms with Crippen molar-refractivity contribution in [3.8, 4) is 0 Å². The minimum Gasteiger partial charge on any atom is -0.393 e. The van der Waals surface area contributed by atoms with Crippen LogP contribution in [-0.2, 0) is 0 Å². The standard InChI is InChI=1S/C15H22N2OS2/c1-2-20-13-5-3-4-12(14(13)15(16)19)17-10-6-8-11(18)9-7-10/h3-5,10-11,17-18H,2,6-9H2,1H3,(H2,16,19). The second-order valence-corrected chi connectivity index (χ2v) is 6.87. The molecule has 2 rings (SSSR count). The SMILES string of the molecule is CCSc1cccc(NC2CCC(O)CC2)c1C(N)=S. The Morgan fingerprint density at radius 1 is 1.40 bits per heavy atom. The molecular weight excluding hydrogens is 288 g/mol. The zero-order valence-electron chi connectivity index (χ0n) is 11.8. The molecule has 1 aromatic carbocycles. The molecular formula is C15H22N2OS2. The minimum atomic E-state index is -0.134. The summed E-state index contributed by atoms with van der Waals surface area (Å²) in [6.45, 7) is 2.12. The number of hydrogen-bond donors (Lipinski definition) is 3. The summed E-state index contributed by atoms with van der Waals surface area (Å²) in [4.78, 5) is 1.58. The smallest absolute Gasteiger partial charge is 0.107 e. The van der Waals surface area contributed by atoms with Crippen LogP contribution in [0.1, 0.15) is 38.2 Å². The molecule has 1 aliphatic rings. The molecule has 0 saturated heterocycles. The van der Waals surface area contributed by atoms with E-state index in [9.17, 15) is 5.11 Å². The normalized spacial score (nSPS) is 22.5. The molecule has 1 aromatic rings. The van der Waals surface area contributed by atoms with Gasteiger partial charge in [0, 0.05) is 22.2 Å². The number of hydrogen-bond acceptors (Lipinski definition) is 4. The Balaban J connectivity index is 2.18. The average molecular weight is 310 g/mol. The van der Waals surface area contributed by atoms with E-state index in [4.69, 9.17) is 18.0 Å². The Labute approximate surface area is 130 Å². The van der Waals surface area contributed by atoms with Crippen LogP contribution in [0, 0.1) is 0 Å². The number of thioether (sulfide) groups is 1. The molecule has 1 saturated carbocycles. The highest BCUT2D eigenvalue weighted by molar-refractivity contribution is 7.99. The van der Waals surface area contributed by atoms with Gasteiger partial charge in [0.05, 0.1) is 6.10 Å². The van der Waals surface area contributed by atoms with Gasteiger partial charge in [0.25, 0.3) is 0 Å². The Morgan fingerprint density at radius 2 is 2.10 bits per heavy atom. The third-order valence-corrected chi connectivity index (χ3v) is 4.77. The fourth-order valence-corrected chi connectivity index (χ4v) is 3.76. The monoisotopic (exact) mass is 310 g/mol. The Morgan fingerprint density at radius 3 is 2.70 bits per heavy atom. The maximum atomic E-state index is 9.58. The Hall–Kier alpha value is -0.780. The highest BCUT2D eigenvalue weighted by Crippen LogP contribution is 2.30. The van der Waals surface area contributed by atoms with Crippen LogP contribution in [0.5, 0.6) is 0 Å². The molecule has 0 atom stereocenters. The summed E-state index contributed by atoms with van der Waals surface area (Å²) in [6, 6.07) is 6.55. The van der Waals surface area contributed by atoms with Crippen molar-refractivity contribution in [3.63, 3.8) is 0 Å². The number of nitrogens with one attached hydrogen (secondary N) is 1. The zero-order chi connectivity index (χ0) is 14.5. The number of thiocarbonyl (C=S) groups is 1. The van der Waals surface area contributed by atoms with E-state index in [1.807, 2.05) is 12.1 Å². The van der Waals surface area contributed by atoms with Crippen molar-refractivity contribution < 1.29 is 5.11 Å². The van der Waals surface area contributed by atoms with E-state index in [1.165, 1.54) is 0 Å². The van der Waals surface area contributed by atoms with Crippen molar-refractivity contribution in [2.24, 2.45) is 5.73 Å². The van der Waals surface area contributed by atoms with Crippen LogP contribution >= 0.6 is 24.0 Å². The lowest BCUT2D eigenvalue weighted by Gasteiger charge is -2.28. The summed E-state index contributed by atoms with van der Waals surface area (Å²) in [7, 11) is 0. The summed E-state index contributed by atoms with van der Waals surface area (Å²) in [5.41, 5.74) is 7.90. The highest BCUT2D eigenvalue weighted by Gasteiger charge is 2.21. The quantitative estimate of drug-likeness (QED) is 0.576. The number of benzene rings is 1. The lowest BCUT2D eigenvalue weighted by Crippen LogP contribution is -2.29. The molecule has 0 radical (unpaired) electrons. The largest absolute Gasteiger partial charge is 0.393 e. The lowest BCUT2D eigenvalue weighted by atomic mass is 9.93. The molecule has 0 unspecified atom stereocenters. The van der Waals surface area contributed by atoms with Gasteiger partial charge in [-0.25, -0.2) is 0 Å². The Bertz CT molecular complexity index is 471. The first-order chi connectivity index (χ1) is 9.61. The molecule has 3 nitrogen and oxygen atoms in total. The molecule has 0 aliphatic heterocycles. The lowest BCUT2D eigenvalue weighted by molar-refractivity contribution is 0.126. The number of anilines is 1. The molecule has 5 heteroatoms. The summed E-state index contributed by atoms with van der Waals surface area (Å²) in [5, 5.41) is 13.1. The topological polar surface area (TPSA) is 58.3 Å². The van der Waals surface area contributed by atoms with Crippen molar-refractivity contribution in [1.82, 2.24) is 0 Å².